The van der Waals surface area contributed by atoms with Crippen LogP contribution in [0.1, 0.15) is 15.9 Å². The molecule has 0 fully saturated rings. The van der Waals surface area contributed by atoms with Gasteiger partial charge < -0.3 is 5.32 Å². The van der Waals surface area contributed by atoms with E-state index in [0.29, 0.717) is 12.0 Å². The van der Waals surface area contributed by atoms with Crippen LogP contribution in [-0.4, -0.2) is 27.6 Å². The molecule has 1 N–H and O–H groups in total. The molecular formula is C24H17N3O2S. The molecule has 1 aromatic heterocycles. The number of nitrogens with zero attached hydrogens (tertiary/aromatic N) is 2. The zero-order valence-electron chi connectivity index (χ0n) is 16.0. The van der Waals surface area contributed by atoms with E-state index in [1.165, 1.54) is 11.8 Å². The van der Waals surface area contributed by atoms with Gasteiger partial charge in [-0.25, -0.2) is 0 Å². The molecule has 6 heteroatoms. The fraction of sp³-hybridized carbons (Fsp3) is 0.0833. The summed E-state index contributed by atoms with van der Waals surface area (Å²) in [5.41, 5.74) is 4.11. The summed E-state index contributed by atoms with van der Waals surface area (Å²) in [6, 6.07) is 23.3. The quantitative estimate of drug-likeness (QED) is 0.378. The van der Waals surface area contributed by atoms with E-state index in [9.17, 15) is 9.59 Å². The van der Waals surface area contributed by atoms with Crippen molar-refractivity contribution < 1.29 is 9.59 Å². The number of nitrogens with one attached hydrogen (secondary N) is 1. The van der Waals surface area contributed by atoms with Crippen LogP contribution in [0.2, 0.25) is 0 Å². The molecule has 2 heterocycles. The Morgan fingerprint density at radius 3 is 2.53 bits per heavy atom. The lowest BCUT2D eigenvalue weighted by Gasteiger charge is -2.09. The van der Waals surface area contributed by atoms with Gasteiger partial charge in [-0.3, -0.25) is 9.59 Å². The van der Waals surface area contributed by atoms with Crippen LogP contribution in [0, 0.1) is 0 Å². The number of thioether (sulfide) groups is 1. The van der Waals surface area contributed by atoms with E-state index in [1.54, 1.807) is 18.2 Å². The number of fused-ring (bicyclic) bond motifs is 2. The average Bonchev–Trinajstić information content (AvgIpc) is 3.17. The van der Waals surface area contributed by atoms with Gasteiger partial charge in [0.15, 0.2) is 5.78 Å². The second-order valence-electron chi connectivity index (χ2n) is 7.07. The molecule has 0 radical (unpaired) electrons. The molecule has 1 aliphatic rings. The monoisotopic (exact) mass is 411 g/mol. The molecule has 30 heavy (non-hydrogen) atoms. The summed E-state index contributed by atoms with van der Waals surface area (Å²) in [7, 11) is 0. The smallest absolute Gasteiger partial charge is 0.228 e. The van der Waals surface area contributed by atoms with Gasteiger partial charge in [-0.1, -0.05) is 66.4 Å². The molecule has 4 aromatic rings. The number of ketones is 1. The maximum Gasteiger partial charge on any atom is 0.228 e. The minimum Gasteiger partial charge on any atom is -0.326 e. The number of benzene rings is 3. The number of hydrogen-bond acceptors (Lipinski definition) is 5. The predicted octanol–water partition coefficient (Wildman–Crippen LogP) is 4.77. The number of carbonyl (C=O) groups excluding carboxylic acids is 2. The first-order chi connectivity index (χ1) is 14.7. The molecule has 5 nitrogen and oxygen atoms in total. The molecular weight excluding hydrogens is 394 g/mol. The van der Waals surface area contributed by atoms with Gasteiger partial charge in [0, 0.05) is 27.6 Å². The van der Waals surface area contributed by atoms with Gasteiger partial charge in [-0.2, -0.15) is 0 Å². The molecule has 0 atom stereocenters. The second-order valence-corrected chi connectivity index (χ2v) is 8.04. The first kappa shape index (κ1) is 18.5. The highest BCUT2D eigenvalue weighted by Gasteiger charge is 2.19. The van der Waals surface area contributed by atoms with Gasteiger partial charge in [0.05, 0.1) is 12.2 Å². The SMILES string of the molecule is O=C1Cc2cc(C(=O)CSc3nnc(-c4ccccc4)c4ccccc34)ccc2N1. The summed E-state index contributed by atoms with van der Waals surface area (Å²) in [5, 5.41) is 14.4. The third kappa shape index (κ3) is 3.46. The van der Waals surface area contributed by atoms with Crippen LogP contribution in [0.25, 0.3) is 22.0 Å². The van der Waals surface area contributed by atoms with Crippen molar-refractivity contribution in [3.8, 4) is 11.3 Å². The summed E-state index contributed by atoms with van der Waals surface area (Å²) < 4.78 is 0. The van der Waals surface area contributed by atoms with Crippen molar-refractivity contribution in [1.82, 2.24) is 10.2 Å². The second kappa shape index (κ2) is 7.72. The fourth-order valence-corrected chi connectivity index (χ4v) is 4.48. The van der Waals surface area contributed by atoms with Gasteiger partial charge >= 0.3 is 0 Å². The van der Waals surface area contributed by atoms with Crippen molar-refractivity contribution in [1.29, 1.82) is 0 Å². The molecule has 1 aliphatic heterocycles. The Hall–Kier alpha value is -3.51. The Morgan fingerprint density at radius 1 is 0.933 bits per heavy atom. The third-order valence-corrected chi connectivity index (χ3v) is 6.07. The van der Waals surface area contributed by atoms with Crippen LogP contribution in [0.15, 0.2) is 77.8 Å². The number of amides is 1. The van der Waals surface area contributed by atoms with Gasteiger partial charge in [0.2, 0.25) is 5.91 Å². The molecule has 0 unspecified atom stereocenters. The summed E-state index contributed by atoms with van der Waals surface area (Å²) >= 11 is 1.38. The minimum atomic E-state index is -0.0378. The maximum atomic E-state index is 12.7. The Balaban J connectivity index is 1.41. The van der Waals surface area contributed by atoms with Gasteiger partial charge in [0.25, 0.3) is 0 Å². The Labute approximate surface area is 177 Å². The summed E-state index contributed by atoms with van der Waals surface area (Å²) in [6.45, 7) is 0. The van der Waals surface area contributed by atoms with Crippen LogP contribution in [0.4, 0.5) is 5.69 Å². The summed E-state index contributed by atoms with van der Waals surface area (Å²) in [6.07, 6.45) is 0.320. The molecule has 0 bridgehead atoms. The number of anilines is 1. The number of aromatic nitrogens is 2. The lowest BCUT2D eigenvalue weighted by atomic mass is 10.1. The summed E-state index contributed by atoms with van der Waals surface area (Å²) in [4.78, 5) is 24.3. The first-order valence-electron chi connectivity index (χ1n) is 9.58. The molecule has 0 spiro atoms. The van der Waals surface area contributed by atoms with E-state index in [4.69, 9.17) is 0 Å². The third-order valence-electron chi connectivity index (χ3n) is 5.09. The van der Waals surface area contributed by atoms with Crippen LogP contribution < -0.4 is 5.32 Å². The van der Waals surface area contributed by atoms with E-state index in [1.807, 2.05) is 54.6 Å². The summed E-state index contributed by atoms with van der Waals surface area (Å²) in [5.74, 6) is 0.216. The van der Waals surface area contributed by atoms with Crippen molar-refractivity contribution in [2.24, 2.45) is 0 Å². The number of rotatable bonds is 5. The molecule has 5 rings (SSSR count). The van der Waals surface area contributed by atoms with E-state index >= 15 is 0 Å². The van der Waals surface area contributed by atoms with Crippen molar-refractivity contribution in [2.75, 3.05) is 11.1 Å². The first-order valence-corrected chi connectivity index (χ1v) is 10.6. The fourth-order valence-electron chi connectivity index (χ4n) is 3.62. The maximum absolute atomic E-state index is 12.7. The Bertz CT molecular complexity index is 1290. The van der Waals surface area contributed by atoms with Crippen LogP contribution in [0.5, 0.6) is 0 Å². The normalized spacial score (nSPS) is 12.6. The lowest BCUT2D eigenvalue weighted by molar-refractivity contribution is -0.115. The number of carbonyl (C=O) groups is 2. The van der Waals surface area contributed by atoms with E-state index in [2.05, 4.69) is 15.5 Å². The Kier molecular flexibility index (Phi) is 4.77. The van der Waals surface area contributed by atoms with Gasteiger partial charge in [-0.15, -0.1) is 10.2 Å². The lowest BCUT2D eigenvalue weighted by Crippen LogP contribution is -2.04. The highest BCUT2D eigenvalue weighted by Crippen LogP contribution is 2.32. The van der Waals surface area contributed by atoms with Crippen molar-refractivity contribution in [3.63, 3.8) is 0 Å². The van der Waals surface area contributed by atoms with Crippen LogP contribution >= 0.6 is 11.8 Å². The van der Waals surface area contributed by atoms with Crippen LogP contribution in [-0.2, 0) is 11.2 Å². The van der Waals surface area contributed by atoms with Gasteiger partial charge in [-0.05, 0) is 23.8 Å². The molecule has 0 saturated heterocycles. The predicted molar refractivity (Wildman–Crippen MR) is 119 cm³/mol. The standard InChI is InChI=1S/C24H17N3O2S/c28-21(16-10-11-20-17(12-16)13-22(29)25-20)14-30-24-19-9-5-4-8-18(19)23(26-27-24)15-6-2-1-3-7-15/h1-12H,13-14H2,(H,25,29). The molecule has 0 saturated carbocycles. The van der Waals surface area contributed by atoms with Crippen molar-refractivity contribution in [2.45, 2.75) is 11.4 Å². The van der Waals surface area contributed by atoms with E-state index in [-0.39, 0.29) is 17.4 Å². The number of hydrogen-bond donors (Lipinski definition) is 1. The molecule has 3 aromatic carbocycles. The van der Waals surface area contributed by atoms with Crippen LogP contribution in [0.3, 0.4) is 0 Å². The molecule has 0 aliphatic carbocycles. The largest absolute Gasteiger partial charge is 0.326 e. The van der Waals surface area contributed by atoms with Crippen molar-refractivity contribution >= 4 is 39.9 Å². The average molecular weight is 411 g/mol. The molecule has 146 valence electrons. The highest BCUT2D eigenvalue weighted by molar-refractivity contribution is 8.00. The minimum absolute atomic E-state index is 0.000154. The van der Waals surface area contributed by atoms with E-state index in [0.717, 1.165) is 38.3 Å². The Morgan fingerprint density at radius 2 is 1.70 bits per heavy atom. The van der Waals surface area contributed by atoms with Crippen molar-refractivity contribution in [3.05, 3.63) is 83.9 Å². The van der Waals surface area contributed by atoms with Gasteiger partial charge in [0.1, 0.15) is 10.7 Å². The van der Waals surface area contributed by atoms with E-state index < -0.39 is 0 Å². The molecule has 1 amide bonds. The number of Topliss-reactive ketones (excluding diaryl/α,β-unsaturated/α-hetero) is 1. The highest BCUT2D eigenvalue weighted by atomic mass is 32.2. The zero-order valence-corrected chi connectivity index (χ0v) is 16.8. The topological polar surface area (TPSA) is 72.0 Å². The zero-order chi connectivity index (χ0) is 20.5.